The third kappa shape index (κ3) is 3.73. The Morgan fingerprint density at radius 1 is 1.21 bits per heavy atom. The van der Waals surface area contributed by atoms with Gasteiger partial charge >= 0.3 is 0 Å². The van der Waals surface area contributed by atoms with E-state index in [0.717, 1.165) is 30.7 Å². The molecule has 1 aliphatic rings. The second kappa shape index (κ2) is 6.95. The lowest BCUT2D eigenvalue weighted by molar-refractivity contribution is 0.127. The fourth-order valence-corrected chi connectivity index (χ4v) is 3.36. The van der Waals surface area contributed by atoms with Gasteiger partial charge in [0, 0.05) is 18.3 Å². The maximum atomic E-state index is 6.08. The van der Waals surface area contributed by atoms with Gasteiger partial charge in [-0.1, -0.05) is 51.3 Å². The highest BCUT2D eigenvalue weighted by atomic mass is 15.1. The van der Waals surface area contributed by atoms with Crippen molar-refractivity contribution in [3.05, 3.63) is 29.8 Å². The lowest BCUT2D eigenvalue weighted by atomic mass is 9.83. The summed E-state index contributed by atoms with van der Waals surface area (Å²) in [6.45, 7) is 6.73. The molecule has 0 amide bonds. The number of anilines is 1. The standard InChI is InChI=1S/C17H28N2/c1-3-14-8-7-10-16(12-14)19(4-2)13-15-9-5-6-11-17(15)18/h5-6,9,11,14,16H,3-4,7-8,10,12-13,18H2,1-2H3. The molecule has 0 heterocycles. The van der Waals surface area contributed by atoms with Crippen LogP contribution in [0.1, 0.15) is 51.5 Å². The third-order valence-electron chi connectivity index (χ3n) is 4.68. The van der Waals surface area contributed by atoms with Crippen molar-refractivity contribution in [2.75, 3.05) is 12.3 Å². The van der Waals surface area contributed by atoms with Gasteiger partial charge in [-0.25, -0.2) is 0 Å². The molecule has 106 valence electrons. The average Bonchev–Trinajstić information content (AvgIpc) is 2.46. The van der Waals surface area contributed by atoms with Gasteiger partial charge in [-0.3, -0.25) is 4.90 Å². The molecule has 1 fully saturated rings. The Labute approximate surface area is 118 Å². The molecule has 0 aromatic heterocycles. The summed E-state index contributed by atoms with van der Waals surface area (Å²) in [6, 6.07) is 9.04. The van der Waals surface area contributed by atoms with Crippen LogP contribution in [0.2, 0.25) is 0 Å². The summed E-state index contributed by atoms with van der Waals surface area (Å²) in [5, 5.41) is 0. The van der Waals surface area contributed by atoms with Gasteiger partial charge in [-0.2, -0.15) is 0 Å². The van der Waals surface area contributed by atoms with Crippen LogP contribution in [0, 0.1) is 5.92 Å². The van der Waals surface area contributed by atoms with Crippen LogP contribution in [0.5, 0.6) is 0 Å². The van der Waals surface area contributed by atoms with Crippen LogP contribution < -0.4 is 5.73 Å². The van der Waals surface area contributed by atoms with E-state index >= 15 is 0 Å². The van der Waals surface area contributed by atoms with Crippen LogP contribution in [0.4, 0.5) is 5.69 Å². The first-order chi connectivity index (χ1) is 9.24. The summed E-state index contributed by atoms with van der Waals surface area (Å²) in [6.07, 6.45) is 6.89. The van der Waals surface area contributed by atoms with Crippen molar-refractivity contribution in [3.8, 4) is 0 Å². The number of benzene rings is 1. The molecule has 2 rings (SSSR count). The number of nitrogen functional groups attached to an aromatic ring is 1. The fraction of sp³-hybridized carbons (Fsp3) is 0.647. The highest BCUT2D eigenvalue weighted by Crippen LogP contribution is 2.30. The predicted octanol–water partition coefficient (Wildman–Crippen LogP) is 4.06. The summed E-state index contributed by atoms with van der Waals surface area (Å²) in [5.74, 6) is 0.931. The lowest BCUT2D eigenvalue weighted by Crippen LogP contribution is -2.38. The van der Waals surface area contributed by atoms with Crippen molar-refractivity contribution in [2.45, 2.75) is 58.5 Å². The monoisotopic (exact) mass is 260 g/mol. The van der Waals surface area contributed by atoms with Gasteiger partial charge in [0.15, 0.2) is 0 Å². The first-order valence-corrected chi connectivity index (χ1v) is 7.82. The molecule has 2 atom stereocenters. The second-order valence-electron chi connectivity index (χ2n) is 5.86. The van der Waals surface area contributed by atoms with Gasteiger partial charge in [0.05, 0.1) is 0 Å². The van der Waals surface area contributed by atoms with Crippen LogP contribution in [-0.4, -0.2) is 17.5 Å². The zero-order chi connectivity index (χ0) is 13.7. The Kier molecular flexibility index (Phi) is 5.26. The van der Waals surface area contributed by atoms with Crippen LogP contribution >= 0.6 is 0 Å². The minimum absolute atomic E-state index is 0.753. The summed E-state index contributed by atoms with van der Waals surface area (Å²) in [5.41, 5.74) is 8.29. The Balaban J connectivity index is 2.01. The van der Waals surface area contributed by atoms with E-state index < -0.39 is 0 Å². The largest absolute Gasteiger partial charge is 0.398 e. The van der Waals surface area contributed by atoms with E-state index in [1.165, 1.54) is 37.7 Å². The van der Waals surface area contributed by atoms with Crippen LogP contribution in [0.3, 0.4) is 0 Å². The van der Waals surface area contributed by atoms with E-state index in [2.05, 4.69) is 30.9 Å². The van der Waals surface area contributed by atoms with E-state index in [9.17, 15) is 0 Å². The van der Waals surface area contributed by atoms with Crippen molar-refractivity contribution in [1.29, 1.82) is 0 Å². The molecule has 0 saturated heterocycles. The number of hydrogen-bond acceptors (Lipinski definition) is 2. The molecule has 0 aliphatic heterocycles. The molecular weight excluding hydrogens is 232 g/mol. The van der Waals surface area contributed by atoms with Crippen molar-refractivity contribution >= 4 is 5.69 Å². The van der Waals surface area contributed by atoms with Gasteiger partial charge in [0.1, 0.15) is 0 Å². The molecule has 19 heavy (non-hydrogen) atoms. The molecule has 1 aromatic rings. The summed E-state index contributed by atoms with van der Waals surface area (Å²) < 4.78 is 0. The Hall–Kier alpha value is -1.02. The zero-order valence-corrected chi connectivity index (χ0v) is 12.4. The zero-order valence-electron chi connectivity index (χ0n) is 12.4. The normalized spacial score (nSPS) is 23.7. The third-order valence-corrected chi connectivity index (χ3v) is 4.68. The topological polar surface area (TPSA) is 29.3 Å². The van der Waals surface area contributed by atoms with Gasteiger partial charge in [-0.05, 0) is 36.9 Å². The highest BCUT2D eigenvalue weighted by molar-refractivity contribution is 5.46. The summed E-state index contributed by atoms with van der Waals surface area (Å²) in [7, 11) is 0. The fourth-order valence-electron chi connectivity index (χ4n) is 3.36. The first kappa shape index (κ1) is 14.4. The molecule has 2 N–H and O–H groups in total. The quantitative estimate of drug-likeness (QED) is 0.809. The Morgan fingerprint density at radius 2 is 2.00 bits per heavy atom. The number of rotatable bonds is 5. The maximum absolute atomic E-state index is 6.08. The van der Waals surface area contributed by atoms with Crippen LogP contribution in [0.25, 0.3) is 0 Å². The van der Waals surface area contributed by atoms with Gasteiger partial charge in [0.25, 0.3) is 0 Å². The molecule has 0 spiro atoms. The predicted molar refractivity (Wildman–Crippen MR) is 83.0 cm³/mol. The molecule has 1 aromatic carbocycles. The van der Waals surface area contributed by atoms with E-state index in [1.54, 1.807) is 0 Å². The van der Waals surface area contributed by atoms with Gasteiger partial charge < -0.3 is 5.73 Å². The molecule has 1 saturated carbocycles. The smallest absolute Gasteiger partial charge is 0.0359 e. The van der Waals surface area contributed by atoms with E-state index in [1.807, 2.05) is 12.1 Å². The summed E-state index contributed by atoms with van der Waals surface area (Å²) in [4.78, 5) is 2.62. The minimum Gasteiger partial charge on any atom is -0.398 e. The van der Waals surface area contributed by atoms with Crippen molar-refractivity contribution in [1.82, 2.24) is 4.90 Å². The van der Waals surface area contributed by atoms with E-state index in [-0.39, 0.29) is 0 Å². The SMILES string of the molecule is CCC1CCCC(N(CC)Cc2ccccc2N)C1. The molecule has 0 bridgehead atoms. The number of para-hydroxylation sites is 1. The summed E-state index contributed by atoms with van der Waals surface area (Å²) >= 11 is 0. The van der Waals surface area contributed by atoms with Crippen LogP contribution in [-0.2, 0) is 6.54 Å². The van der Waals surface area contributed by atoms with E-state index in [4.69, 9.17) is 5.73 Å². The van der Waals surface area contributed by atoms with Crippen LogP contribution in [0.15, 0.2) is 24.3 Å². The highest BCUT2D eigenvalue weighted by Gasteiger charge is 2.25. The first-order valence-electron chi connectivity index (χ1n) is 7.82. The molecule has 2 heteroatoms. The second-order valence-corrected chi connectivity index (χ2v) is 5.86. The lowest BCUT2D eigenvalue weighted by Gasteiger charge is -2.37. The number of nitrogens with zero attached hydrogens (tertiary/aromatic N) is 1. The average molecular weight is 260 g/mol. The molecule has 2 unspecified atom stereocenters. The molecule has 0 radical (unpaired) electrons. The van der Waals surface area contributed by atoms with Gasteiger partial charge in [-0.15, -0.1) is 0 Å². The Bertz CT molecular complexity index is 389. The van der Waals surface area contributed by atoms with Crippen molar-refractivity contribution in [3.63, 3.8) is 0 Å². The number of nitrogens with two attached hydrogens (primary N) is 1. The molecule has 2 nitrogen and oxygen atoms in total. The maximum Gasteiger partial charge on any atom is 0.0359 e. The Morgan fingerprint density at radius 3 is 2.68 bits per heavy atom. The molecular formula is C17H28N2. The van der Waals surface area contributed by atoms with Crippen molar-refractivity contribution < 1.29 is 0 Å². The van der Waals surface area contributed by atoms with Gasteiger partial charge in [0.2, 0.25) is 0 Å². The number of hydrogen-bond donors (Lipinski definition) is 1. The van der Waals surface area contributed by atoms with E-state index in [0.29, 0.717) is 0 Å². The molecule has 1 aliphatic carbocycles. The van der Waals surface area contributed by atoms with Crippen molar-refractivity contribution in [2.24, 2.45) is 5.92 Å². The minimum atomic E-state index is 0.753.